The lowest BCUT2D eigenvalue weighted by molar-refractivity contribution is -0.0791. The summed E-state index contributed by atoms with van der Waals surface area (Å²) < 4.78 is 23.1. The van der Waals surface area contributed by atoms with Crippen molar-refractivity contribution in [2.45, 2.75) is 39.5 Å². The van der Waals surface area contributed by atoms with Gasteiger partial charge in [-0.2, -0.15) is 0 Å². The van der Waals surface area contributed by atoms with E-state index >= 15 is 0 Å². The summed E-state index contributed by atoms with van der Waals surface area (Å²) in [6.07, 6.45) is 0.189. The van der Waals surface area contributed by atoms with Gasteiger partial charge in [-0.3, -0.25) is 13.9 Å². The van der Waals surface area contributed by atoms with Gasteiger partial charge in [-0.1, -0.05) is 38.4 Å². The molecule has 0 aliphatic carbocycles. The fraction of sp³-hybridized carbons (Fsp3) is 0.458. The molecule has 36 heavy (non-hydrogen) atoms. The Bertz CT molecular complexity index is 1430. The summed E-state index contributed by atoms with van der Waals surface area (Å²) >= 11 is 5.89. The van der Waals surface area contributed by atoms with Gasteiger partial charge in [-0.05, 0) is 23.1 Å². The molecule has 1 unspecified atom stereocenters. The van der Waals surface area contributed by atoms with Crippen LogP contribution in [0.5, 0.6) is 0 Å². The number of benzene rings is 1. The van der Waals surface area contributed by atoms with Crippen molar-refractivity contribution in [2.75, 3.05) is 13.1 Å². The third kappa shape index (κ3) is 4.85. The molecule has 1 saturated heterocycles. The van der Waals surface area contributed by atoms with Crippen molar-refractivity contribution < 1.29 is 19.0 Å². The zero-order valence-corrected chi connectivity index (χ0v) is 21.1. The first-order chi connectivity index (χ1) is 16.9. The number of amides is 1. The third-order valence-corrected chi connectivity index (χ3v) is 6.77. The van der Waals surface area contributed by atoms with Crippen molar-refractivity contribution in [3.8, 4) is 0 Å². The van der Waals surface area contributed by atoms with E-state index in [2.05, 4.69) is 9.97 Å². The molecule has 3 atom stereocenters. The number of carboxylic acid groups (broad SMARTS) is 1. The smallest absolute Gasteiger partial charge is 0.407 e. The fourth-order valence-corrected chi connectivity index (χ4v) is 4.54. The van der Waals surface area contributed by atoms with Gasteiger partial charge in [0.2, 0.25) is 0 Å². The number of aromatic nitrogens is 4. The third-order valence-electron chi connectivity index (χ3n) is 6.47. The van der Waals surface area contributed by atoms with Gasteiger partial charge in [0.25, 0.3) is 5.56 Å². The van der Waals surface area contributed by atoms with Crippen molar-refractivity contribution in [2.24, 2.45) is 18.4 Å². The summed E-state index contributed by atoms with van der Waals surface area (Å²) in [6.45, 7) is 5.58. The molecule has 1 N–H and O–H groups in total. The highest BCUT2D eigenvalue weighted by atomic mass is 35.5. The molecule has 0 saturated carbocycles. The molecule has 192 valence electrons. The van der Waals surface area contributed by atoms with Crippen LogP contribution in [0.2, 0.25) is 5.02 Å². The van der Waals surface area contributed by atoms with Gasteiger partial charge in [0.1, 0.15) is 5.82 Å². The van der Waals surface area contributed by atoms with E-state index in [1.54, 1.807) is 6.07 Å². The molecule has 10 nitrogen and oxygen atoms in total. The molecule has 3 heterocycles. The number of halogens is 2. The molecule has 1 aromatic carbocycles. The summed E-state index contributed by atoms with van der Waals surface area (Å²) in [5.74, 6) is -1.37. The van der Waals surface area contributed by atoms with E-state index in [0.29, 0.717) is 5.56 Å². The van der Waals surface area contributed by atoms with Crippen molar-refractivity contribution in [1.29, 1.82) is 0 Å². The largest absolute Gasteiger partial charge is 0.465 e. The number of fused-ring (bicyclic) bond motifs is 1. The highest BCUT2D eigenvalue weighted by Gasteiger charge is 2.40. The van der Waals surface area contributed by atoms with Gasteiger partial charge in [-0.15, -0.1) is 0 Å². The Balaban J connectivity index is 1.87. The lowest BCUT2D eigenvalue weighted by atomic mass is 9.88. The molecule has 4 rings (SSSR count). The maximum atomic E-state index is 14.5. The van der Waals surface area contributed by atoms with Gasteiger partial charge in [0.15, 0.2) is 11.2 Å². The van der Waals surface area contributed by atoms with E-state index < -0.39 is 46.7 Å². The molecule has 1 amide bonds. The number of hydrogen-bond acceptors (Lipinski definition) is 6. The minimum absolute atomic E-state index is 0.00545. The maximum absolute atomic E-state index is 14.5. The molecule has 1 aliphatic rings. The topological polar surface area (TPSA) is 120 Å². The van der Waals surface area contributed by atoms with E-state index in [4.69, 9.17) is 16.3 Å². The van der Waals surface area contributed by atoms with Crippen molar-refractivity contribution in [3.05, 3.63) is 67.8 Å². The predicted molar refractivity (Wildman–Crippen MR) is 131 cm³/mol. The molecular weight excluding hydrogens is 493 g/mol. The molecule has 1 fully saturated rings. The van der Waals surface area contributed by atoms with Crippen LogP contribution in [-0.2, 0) is 18.3 Å². The normalized spacial score (nSPS) is 20.9. The summed E-state index contributed by atoms with van der Waals surface area (Å²) in [5, 5.41) is 9.83. The van der Waals surface area contributed by atoms with Crippen LogP contribution in [0.1, 0.15) is 32.4 Å². The number of nitrogens with zero attached hydrogens (tertiary/aromatic N) is 5. The molecule has 0 bridgehead atoms. The number of rotatable bonds is 3. The second kappa shape index (κ2) is 9.62. The second-order valence-electron chi connectivity index (χ2n) is 10.0. The zero-order chi connectivity index (χ0) is 26.4. The van der Waals surface area contributed by atoms with Crippen LogP contribution in [-0.4, -0.2) is 54.4 Å². The first kappa shape index (κ1) is 25.8. The summed E-state index contributed by atoms with van der Waals surface area (Å²) in [5.41, 5.74) is -1.18. The fourth-order valence-electron chi connectivity index (χ4n) is 4.42. The standard InChI is InChI=1S/C24H27ClFN5O5/c1-24(2,3)17-12-30(23(34)35)10-14(19(36-17)13-5-6-15(25)16(26)9-13)11-31-21(32)18-20(28-8-7-27-18)29(4)22(31)33/h5-9,14,17,19H,10-12H2,1-4H3,(H,34,35)/t14-,17?,19+/m1/s1. The van der Waals surface area contributed by atoms with Crippen LogP contribution in [0.25, 0.3) is 11.2 Å². The Labute approximate surface area is 210 Å². The van der Waals surface area contributed by atoms with Crippen LogP contribution >= 0.6 is 11.6 Å². The minimum Gasteiger partial charge on any atom is -0.465 e. The SMILES string of the molecule is Cn1c(=O)n(C[C@H]2CN(C(=O)O)CC(C(C)(C)C)O[C@H]2c2ccc(Cl)c(F)c2)c(=O)c2nccnc21. The molecule has 3 aromatic rings. The Hall–Kier alpha value is -3.31. The van der Waals surface area contributed by atoms with E-state index in [1.165, 1.54) is 41.0 Å². The van der Waals surface area contributed by atoms with E-state index in [1.807, 2.05) is 20.8 Å². The average molecular weight is 520 g/mol. The number of carbonyl (C=O) groups is 1. The van der Waals surface area contributed by atoms with Crippen molar-refractivity contribution >= 4 is 28.9 Å². The lowest BCUT2D eigenvalue weighted by Gasteiger charge is -2.34. The van der Waals surface area contributed by atoms with E-state index in [-0.39, 0.29) is 35.8 Å². The highest BCUT2D eigenvalue weighted by molar-refractivity contribution is 6.30. The molecule has 0 radical (unpaired) electrons. The Kier molecular flexibility index (Phi) is 6.89. The number of hydrogen-bond donors (Lipinski definition) is 1. The maximum Gasteiger partial charge on any atom is 0.407 e. The summed E-state index contributed by atoms with van der Waals surface area (Å²) in [7, 11) is 1.48. The second-order valence-corrected chi connectivity index (χ2v) is 10.4. The van der Waals surface area contributed by atoms with Gasteiger partial charge < -0.3 is 14.7 Å². The van der Waals surface area contributed by atoms with E-state index in [0.717, 1.165) is 4.57 Å². The van der Waals surface area contributed by atoms with Crippen molar-refractivity contribution in [1.82, 2.24) is 24.0 Å². The Morgan fingerprint density at radius 1 is 1.22 bits per heavy atom. The van der Waals surface area contributed by atoms with Crippen LogP contribution in [0.3, 0.4) is 0 Å². The Morgan fingerprint density at radius 2 is 1.92 bits per heavy atom. The molecular formula is C24H27ClFN5O5. The molecule has 2 aromatic heterocycles. The zero-order valence-electron chi connectivity index (χ0n) is 20.3. The van der Waals surface area contributed by atoms with Crippen LogP contribution in [0.4, 0.5) is 9.18 Å². The average Bonchev–Trinajstić information content (AvgIpc) is 3.02. The Morgan fingerprint density at radius 3 is 2.56 bits per heavy atom. The summed E-state index contributed by atoms with van der Waals surface area (Å²) in [4.78, 5) is 47.9. The molecule has 0 spiro atoms. The van der Waals surface area contributed by atoms with Gasteiger partial charge in [0.05, 0.1) is 23.8 Å². The van der Waals surface area contributed by atoms with Crippen LogP contribution in [0.15, 0.2) is 40.2 Å². The van der Waals surface area contributed by atoms with Gasteiger partial charge >= 0.3 is 11.8 Å². The first-order valence-corrected chi connectivity index (χ1v) is 11.7. The van der Waals surface area contributed by atoms with E-state index in [9.17, 15) is 23.9 Å². The highest BCUT2D eigenvalue weighted by Crippen LogP contribution is 2.38. The first-order valence-electron chi connectivity index (χ1n) is 11.4. The van der Waals surface area contributed by atoms with Gasteiger partial charge in [-0.25, -0.2) is 23.9 Å². The number of aryl methyl sites for hydroxylation is 1. The van der Waals surface area contributed by atoms with Gasteiger partial charge in [0, 0.05) is 38.4 Å². The minimum atomic E-state index is -1.16. The molecule has 12 heteroatoms. The monoisotopic (exact) mass is 519 g/mol. The van der Waals surface area contributed by atoms with Crippen molar-refractivity contribution in [3.63, 3.8) is 0 Å². The summed E-state index contributed by atoms with van der Waals surface area (Å²) in [6, 6.07) is 4.24. The predicted octanol–water partition coefficient (Wildman–Crippen LogP) is 3.07. The lowest BCUT2D eigenvalue weighted by Crippen LogP contribution is -2.44. The van der Waals surface area contributed by atoms with Crippen LogP contribution in [0, 0.1) is 17.2 Å². The van der Waals surface area contributed by atoms with Crippen LogP contribution < -0.4 is 11.2 Å². The molecule has 1 aliphatic heterocycles. The number of ether oxygens (including phenoxy) is 1. The quantitative estimate of drug-likeness (QED) is 0.564.